The maximum atomic E-state index is 15.1. The summed E-state index contributed by atoms with van der Waals surface area (Å²) < 4.78 is 74.8. The van der Waals surface area contributed by atoms with E-state index in [9.17, 15) is 31.6 Å². The molecule has 4 bridgehead atoms. The van der Waals surface area contributed by atoms with Gasteiger partial charge in [0.25, 0.3) is 5.91 Å². The van der Waals surface area contributed by atoms with E-state index in [0.29, 0.717) is 47.7 Å². The van der Waals surface area contributed by atoms with Crippen LogP contribution >= 0.6 is 0 Å². The lowest BCUT2D eigenvalue weighted by Gasteiger charge is -2.37. The second-order valence-corrected chi connectivity index (χ2v) is 21.1. The van der Waals surface area contributed by atoms with Crippen molar-refractivity contribution in [2.45, 2.75) is 146 Å². The third-order valence-electron chi connectivity index (χ3n) is 14.1. The van der Waals surface area contributed by atoms with Gasteiger partial charge in [0, 0.05) is 12.0 Å². The average molecular weight is 873 g/mol. The van der Waals surface area contributed by atoms with Crippen molar-refractivity contribution < 1.29 is 50.6 Å². The number of rotatable bonds is 8. The monoisotopic (exact) mass is 872 g/mol. The van der Waals surface area contributed by atoms with E-state index in [0.717, 1.165) is 44.9 Å². The summed E-state index contributed by atoms with van der Waals surface area (Å²) in [6, 6.07) is 2.76. The Morgan fingerprint density at radius 2 is 1.79 bits per heavy atom. The van der Waals surface area contributed by atoms with Gasteiger partial charge in [-0.2, -0.15) is 0 Å². The van der Waals surface area contributed by atoms with E-state index in [4.69, 9.17) is 24.2 Å². The number of amides is 4. The normalized spacial score (nSPS) is 33.1. The summed E-state index contributed by atoms with van der Waals surface area (Å²) in [5, 5.41) is 4.57. The number of nitrogens with one attached hydrogen (secondary N) is 3. The van der Waals surface area contributed by atoms with E-state index in [1.54, 1.807) is 46.9 Å². The number of alkyl halides is 2. The lowest BCUT2D eigenvalue weighted by molar-refractivity contribution is -0.144. The molecule has 3 heterocycles. The standard InChI is InChI=1S/C43H58F2N6O9S/c1-6-26-32-21-51(33(26)37(52)49-43(20-28(43)36(44)45)40(54)50-61(56,57)25-15-16-25)39(53)35(42(2,3)4)48-41(55)60-34-23-13-12-22(18-23)27(34)10-8-7-9-11-30-38(59-32)47-31-19-24(58-5)14-17-29(31)46-30/h14,17,19,22-23,25-28,32-36H,6-13,15-16,18,20-21H2,1-5H3,(H,48,55)(H,49,52)(H,50,54)/t22-,23+,26-,27-,28+,32+,33+,34-,35-,43-/m1/s1. The molecule has 1 saturated heterocycles. The summed E-state index contributed by atoms with van der Waals surface area (Å²) >= 11 is 0. The fraction of sp³-hybridized carbons (Fsp3) is 0.721. The van der Waals surface area contributed by atoms with Crippen molar-refractivity contribution in [3.05, 3.63) is 23.9 Å². The number of aromatic nitrogens is 2. The maximum Gasteiger partial charge on any atom is 0.408 e. The van der Waals surface area contributed by atoms with Crippen LogP contribution in [0.4, 0.5) is 13.6 Å². The molecule has 6 aliphatic rings. The lowest BCUT2D eigenvalue weighted by atomic mass is 9.82. The van der Waals surface area contributed by atoms with Crippen LogP contribution in [0.1, 0.15) is 104 Å². The molecule has 18 heteroatoms. The van der Waals surface area contributed by atoms with Crippen LogP contribution < -0.4 is 24.8 Å². The van der Waals surface area contributed by atoms with Crippen molar-refractivity contribution in [1.29, 1.82) is 0 Å². The summed E-state index contributed by atoms with van der Waals surface area (Å²) in [5.41, 5.74) is -1.39. The third kappa shape index (κ3) is 8.45. The van der Waals surface area contributed by atoms with Crippen LogP contribution in [0.2, 0.25) is 0 Å². The first-order valence-electron chi connectivity index (χ1n) is 21.9. The zero-order chi connectivity index (χ0) is 43.6. The van der Waals surface area contributed by atoms with Crippen molar-refractivity contribution in [3.8, 4) is 11.6 Å². The van der Waals surface area contributed by atoms with Gasteiger partial charge >= 0.3 is 6.09 Å². The Labute approximate surface area is 355 Å². The smallest absolute Gasteiger partial charge is 0.408 e. The Morgan fingerprint density at radius 3 is 2.46 bits per heavy atom. The number of nitrogens with zero attached hydrogens (tertiary/aromatic N) is 3. The molecule has 10 atom stereocenters. The van der Waals surface area contributed by atoms with Crippen molar-refractivity contribution in [2.24, 2.45) is 35.0 Å². The summed E-state index contributed by atoms with van der Waals surface area (Å²) in [7, 11) is -2.61. The molecule has 4 saturated carbocycles. The van der Waals surface area contributed by atoms with Gasteiger partial charge < -0.3 is 29.7 Å². The molecule has 0 radical (unpaired) electrons. The third-order valence-corrected chi connectivity index (χ3v) is 16.0. The minimum atomic E-state index is -4.15. The molecule has 2 aliphatic heterocycles. The molecule has 4 amide bonds. The topological polar surface area (TPSA) is 195 Å². The number of halogens is 2. The molecule has 4 aliphatic carbocycles. The van der Waals surface area contributed by atoms with Gasteiger partial charge in [-0.05, 0) is 99.5 Å². The molecule has 8 rings (SSSR count). The highest BCUT2D eigenvalue weighted by Crippen LogP contribution is 2.52. The number of benzene rings is 1. The van der Waals surface area contributed by atoms with Gasteiger partial charge in [0.1, 0.15) is 41.3 Å². The van der Waals surface area contributed by atoms with Crippen LogP contribution in [0.15, 0.2) is 18.2 Å². The predicted octanol–water partition coefficient (Wildman–Crippen LogP) is 5.04. The summed E-state index contributed by atoms with van der Waals surface area (Å²) in [5.74, 6) is -3.55. The van der Waals surface area contributed by atoms with Crippen LogP contribution in [-0.2, 0) is 35.6 Å². The Kier molecular flexibility index (Phi) is 11.6. The van der Waals surface area contributed by atoms with E-state index in [2.05, 4.69) is 10.6 Å². The molecule has 1 aromatic carbocycles. The quantitative estimate of drug-likeness (QED) is 0.322. The van der Waals surface area contributed by atoms with Crippen molar-refractivity contribution >= 4 is 44.9 Å². The van der Waals surface area contributed by atoms with Gasteiger partial charge in [0.05, 0.1) is 35.9 Å². The van der Waals surface area contributed by atoms with Gasteiger partial charge in [-0.25, -0.2) is 32.0 Å². The first kappa shape index (κ1) is 43.3. The van der Waals surface area contributed by atoms with E-state index in [1.807, 2.05) is 10.8 Å². The highest BCUT2D eigenvalue weighted by molar-refractivity contribution is 7.91. The Balaban J connectivity index is 1.17. The summed E-state index contributed by atoms with van der Waals surface area (Å²) in [4.78, 5) is 68.5. The van der Waals surface area contributed by atoms with Crippen LogP contribution in [0.3, 0.4) is 0 Å². The number of hydrogen-bond donors (Lipinski definition) is 3. The summed E-state index contributed by atoms with van der Waals surface area (Å²) in [6.45, 7) is 6.97. The predicted molar refractivity (Wildman–Crippen MR) is 218 cm³/mol. The van der Waals surface area contributed by atoms with E-state index >= 15 is 4.79 Å². The molecule has 1 aromatic heterocycles. The number of sulfonamides is 1. The molecule has 61 heavy (non-hydrogen) atoms. The number of fused-ring (bicyclic) bond motifs is 9. The van der Waals surface area contributed by atoms with Crippen molar-refractivity contribution in [2.75, 3.05) is 13.7 Å². The molecule has 0 spiro atoms. The number of carbonyl (C=O) groups is 4. The van der Waals surface area contributed by atoms with E-state index < -0.39 is 92.9 Å². The van der Waals surface area contributed by atoms with Gasteiger partial charge in [-0.1, -0.05) is 40.5 Å². The van der Waals surface area contributed by atoms with Crippen molar-refractivity contribution in [3.63, 3.8) is 0 Å². The molecule has 334 valence electrons. The number of carbonyl (C=O) groups excluding carboxylic acids is 4. The number of methoxy groups -OCH3 is 1. The van der Waals surface area contributed by atoms with E-state index in [1.165, 1.54) is 4.90 Å². The minimum Gasteiger partial charge on any atom is -0.497 e. The zero-order valence-corrected chi connectivity index (χ0v) is 36.3. The fourth-order valence-electron chi connectivity index (χ4n) is 10.5. The van der Waals surface area contributed by atoms with E-state index in [-0.39, 0.29) is 36.8 Å². The Hall–Kier alpha value is -4.35. The Morgan fingerprint density at radius 1 is 1.03 bits per heavy atom. The zero-order valence-electron chi connectivity index (χ0n) is 35.5. The molecule has 2 aromatic rings. The highest BCUT2D eigenvalue weighted by Gasteiger charge is 2.67. The molecule has 0 unspecified atom stereocenters. The van der Waals surface area contributed by atoms with Gasteiger partial charge in [-0.3, -0.25) is 19.1 Å². The summed E-state index contributed by atoms with van der Waals surface area (Å²) in [6.07, 6.45) is 2.54. The maximum absolute atomic E-state index is 15.1. The molecular weight excluding hydrogens is 815 g/mol. The van der Waals surface area contributed by atoms with Crippen LogP contribution in [0.25, 0.3) is 11.0 Å². The molecule has 3 N–H and O–H groups in total. The number of ether oxygens (including phenoxy) is 3. The first-order chi connectivity index (χ1) is 28.9. The van der Waals surface area contributed by atoms with Crippen molar-refractivity contribution in [1.82, 2.24) is 30.2 Å². The van der Waals surface area contributed by atoms with Crippen LogP contribution in [-0.4, -0.2) is 102 Å². The number of aryl methyl sites for hydroxylation is 1. The Bertz CT molecular complexity index is 2170. The average Bonchev–Trinajstić information content (AvgIpc) is 4.08. The van der Waals surface area contributed by atoms with Gasteiger partial charge in [-0.15, -0.1) is 0 Å². The minimum absolute atomic E-state index is 0.169. The fourth-order valence-corrected chi connectivity index (χ4v) is 11.9. The van der Waals surface area contributed by atoms with Gasteiger partial charge in [0.2, 0.25) is 34.1 Å². The number of alkyl carbamates (subject to hydrolysis) is 1. The SMILES string of the molecule is CC[C@@H]1[C@@H]2CN(C(=O)[C@H](C(C)(C)C)NC(=O)O[C@@H]3[C@H]4CC[C@H](C4)[C@H]3CCCCCc3nc4ccc(OC)cc4nc3O2)[C@@H]1C(=O)N[C@]1(C(=O)NS(=O)(=O)C2CC2)C[C@H]1C(F)F. The molecular formula is C43H58F2N6O9S. The highest BCUT2D eigenvalue weighted by atomic mass is 32.2. The molecule has 5 fully saturated rings. The lowest BCUT2D eigenvalue weighted by Crippen LogP contribution is -2.61. The molecule has 15 nitrogen and oxygen atoms in total. The largest absolute Gasteiger partial charge is 0.497 e. The van der Waals surface area contributed by atoms with Gasteiger partial charge in [0.15, 0.2) is 0 Å². The number of hydrogen-bond acceptors (Lipinski definition) is 11. The van der Waals surface area contributed by atoms with Crippen LogP contribution in [0.5, 0.6) is 11.6 Å². The second-order valence-electron chi connectivity index (χ2n) is 19.2. The van der Waals surface area contributed by atoms with Crippen LogP contribution in [0, 0.1) is 35.0 Å². The second kappa shape index (κ2) is 16.4. The first-order valence-corrected chi connectivity index (χ1v) is 23.4.